The van der Waals surface area contributed by atoms with E-state index in [9.17, 15) is 4.79 Å². The molecular weight excluding hydrogens is 288 g/mol. The maximum atomic E-state index is 12.5. The lowest BCUT2D eigenvalue weighted by Crippen LogP contribution is -2.27. The van der Waals surface area contributed by atoms with E-state index >= 15 is 0 Å². The van der Waals surface area contributed by atoms with Crippen LogP contribution in [0.15, 0.2) is 42.5 Å². The van der Waals surface area contributed by atoms with Crippen LogP contribution in [0.3, 0.4) is 0 Å². The molecule has 21 heavy (non-hydrogen) atoms. The first-order valence-electron chi connectivity index (χ1n) is 6.45. The number of carbonyl (C=O) groups is 1. The van der Waals surface area contributed by atoms with Crippen LogP contribution < -0.4 is 10.5 Å². The molecule has 0 saturated heterocycles. The number of halogens is 1. The first-order chi connectivity index (χ1) is 10.0. The molecule has 2 N–H and O–H groups in total. The number of ether oxygens (including phenoxy) is 1. The van der Waals surface area contributed by atoms with E-state index in [0.29, 0.717) is 28.6 Å². The molecule has 2 aromatic rings. The Labute approximate surface area is 129 Å². The van der Waals surface area contributed by atoms with Crippen molar-refractivity contribution in [2.45, 2.75) is 6.54 Å². The molecule has 5 heteroatoms. The number of nitrogens with two attached hydrogens (primary N) is 1. The topological polar surface area (TPSA) is 55.6 Å². The molecule has 2 rings (SSSR count). The van der Waals surface area contributed by atoms with Crippen molar-refractivity contribution < 1.29 is 9.53 Å². The molecule has 0 aromatic heterocycles. The number of carbonyl (C=O) groups excluding carboxylic acids is 1. The average molecular weight is 305 g/mol. The maximum absolute atomic E-state index is 12.5. The minimum absolute atomic E-state index is 0.169. The third-order valence-corrected chi connectivity index (χ3v) is 3.44. The van der Waals surface area contributed by atoms with Crippen molar-refractivity contribution in [1.29, 1.82) is 0 Å². The van der Waals surface area contributed by atoms with E-state index < -0.39 is 0 Å². The SMILES string of the molecule is COc1ccc(Cl)cc1C(=O)N(C)Cc1ccccc1N. The van der Waals surface area contributed by atoms with Gasteiger partial charge in [0.2, 0.25) is 0 Å². The predicted octanol–water partition coefficient (Wildman–Crippen LogP) is 3.20. The largest absolute Gasteiger partial charge is 0.496 e. The zero-order valence-electron chi connectivity index (χ0n) is 12.0. The molecule has 0 aliphatic rings. The van der Waals surface area contributed by atoms with Crippen LogP contribution in [0.2, 0.25) is 5.02 Å². The van der Waals surface area contributed by atoms with Crippen molar-refractivity contribution in [3.8, 4) is 5.75 Å². The van der Waals surface area contributed by atoms with Gasteiger partial charge in [-0.25, -0.2) is 0 Å². The van der Waals surface area contributed by atoms with Gasteiger partial charge in [-0.15, -0.1) is 0 Å². The number of hydrogen-bond donors (Lipinski definition) is 1. The minimum atomic E-state index is -0.169. The van der Waals surface area contributed by atoms with Gasteiger partial charge in [0.15, 0.2) is 0 Å². The molecule has 0 atom stereocenters. The van der Waals surface area contributed by atoms with Gasteiger partial charge in [-0.1, -0.05) is 29.8 Å². The normalized spacial score (nSPS) is 10.2. The van der Waals surface area contributed by atoms with E-state index in [2.05, 4.69) is 0 Å². The van der Waals surface area contributed by atoms with Gasteiger partial charge in [0, 0.05) is 24.3 Å². The Morgan fingerprint density at radius 3 is 2.67 bits per heavy atom. The van der Waals surface area contributed by atoms with E-state index in [1.54, 1.807) is 30.1 Å². The summed E-state index contributed by atoms with van der Waals surface area (Å²) >= 11 is 5.96. The van der Waals surface area contributed by atoms with Crippen molar-refractivity contribution in [2.75, 3.05) is 19.9 Å². The van der Waals surface area contributed by atoms with Gasteiger partial charge in [-0.2, -0.15) is 0 Å². The number of hydrogen-bond acceptors (Lipinski definition) is 3. The lowest BCUT2D eigenvalue weighted by Gasteiger charge is -2.19. The third kappa shape index (κ3) is 3.47. The summed E-state index contributed by atoms with van der Waals surface area (Å²) in [6.45, 7) is 0.418. The molecule has 0 fully saturated rings. The molecule has 0 heterocycles. The first kappa shape index (κ1) is 15.2. The van der Waals surface area contributed by atoms with Crippen molar-refractivity contribution >= 4 is 23.2 Å². The average Bonchev–Trinajstić information content (AvgIpc) is 2.48. The Hall–Kier alpha value is -2.20. The highest BCUT2D eigenvalue weighted by molar-refractivity contribution is 6.31. The molecule has 0 aliphatic carbocycles. The summed E-state index contributed by atoms with van der Waals surface area (Å²) in [5.74, 6) is 0.329. The van der Waals surface area contributed by atoms with Crippen molar-refractivity contribution in [3.05, 3.63) is 58.6 Å². The first-order valence-corrected chi connectivity index (χ1v) is 6.83. The van der Waals surface area contributed by atoms with Gasteiger partial charge in [-0.3, -0.25) is 4.79 Å². The summed E-state index contributed by atoms with van der Waals surface area (Å²) in [6, 6.07) is 12.4. The fourth-order valence-corrected chi connectivity index (χ4v) is 2.23. The molecule has 0 spiro atoms. The van der Waals surface area contributed by atoms with E-state index in [-0.39, 0.29) is 5.91 Å². The molecule has 0 bridgehead atoms. The monoisotopic (exact) mass is 304 g/mol. The van der Waals surface area contributed by atoms with Gasteiger partial charge < -0.3 is 15.4 Å². The molecule has 0 aliphatic heterocycles. The second kappa shape index (κ2) is 6.50. The van der Waals surface area contributed by atoms with Gasteiger partial charge in [0.1, 0.15) is 5.75 Å². The van der Waals surface area contributed by atoms with Crippen LogP contribution in [0.4, 0.5) is 5.69 Å². The number of nitrogen functional groups attached to an aromatic ring is 1. The number of anilines is 1. The highest BCUT2D eigenvalue weighted by Gasteiger charge is 2.17. The zero-order valence-corrected chi connectivity index (χ0v) is 12.7. The van der Waals surface area contributed by atoms with Gasteiger partial charge in [0.05, 0.1) is 12.7 Å². The van der Waals surface area contributed by atoms with Crippen molar-refractivity contribution in [2.24, 2.45) is 0 Å². The Bertz CT molecular complexity index is 658. The number of nitrogens with zero attached hydrogens (tertiary/aromatic N) is 1. The molecule has 0 saturated carbocycles. The standard InChI is InChI=1S/C16H17ClN2O2/c1-19(10-11-5-3-4-6-14(11)18)16(20)13-9-12(17)7-8-15(13)21-2/h3-9H,10,18H2,1-2H3. The number of methoxy groups -OCH3 is 1. The predicted molar refractivity (Wildman–Crippen MR) is 84.7 cm³/mol. The quantitative estimate of drug-likeness (QED) is 0.883. The summed E-state index contributed by atoms with van der Waals surface area (Å²) in [7, 11) is 3.24. The van der Waals surface area contributed by atoms with Gasteiger partial charge in [0.25, 0.3) is 5.91 Å². The summed E-state index contributed by atoms with van der Waals surface area (Å²) < 4.78 is 5.21. The summed E-state index contributed by atoms with van der Waals surface area (Å²) in [5.41, 5.74) is 7.90. The number of rotatable bonds is 4. The zero-order chi connectivity index (χ0) is 15.4. The van der Waals surface area contributed by atoms with Crippen molar-refractivity contribution in [3.63, 3.8) is 0 Å². The van der Waals surface area contributed by atoms with Gasteiger partial charge in [-0.05, 0) is 29.8 Å². The Kier molecular flexibility index (Phi) is 4.70. The van der Waals surface area contributed by atoms with E-state index in [4.69, 9.17) is 22.1 Å². The van der Waals surface area contributed by atoms with Crippen LogP contribution in [0, 0.1) is 0 Å². The summed E-state index contributed by atoms with van der Waals surface area (Å²) in [6.07, 6.45) is 0. The van der Waals surface area contributed by atoms with E-state index in [1.165, 1.54) is 7.11 Å². The Balaban J connectivity index is 2.24. The lowest BCUT2D eigenvalue weighted by atomic mass is 10.1. The minimum Gasteiger partial charge on any atom is -0.496 e. The molecule has 2 aromatic carbocycles. The highest BCUT2D eigenvalue weighted by atomic mass is 35.5. The molecule has 0 unspecified atom stereocenters. The summed E-state index contributed by atoms with van der Waals surface area (Å²) in [4.78, 5) is 14.1. The van der Waals surface area contributed by atoms with Gasteiger partial charge >= 0.3 is 0 Å². The summed E-state index contributed by atoms with van der Waals surface area (Å²) in [5, 5.41) is 0.492. The van der Waals surface area contributed by atoms with Crippen LogP contribution in [0.1, 0.15) is 15.9 Å². The molecule has 4 nitrogen and oxygen atoms in total. The molecule has 1 amide bonds. The van der Waals surface area contributed by atoms with Crippen molar-refractivity contribution in [1.82, 2.24) is 4.90 Å². The maximum Gasteiger partial charge on any atom is 0.257 e. The lowest BCUT2D eigenvalue weighted by molar-refractivity contribution is 0.0782. The molecule has 110 valence electrons. The van der Waals surface area contributed by atoms with E-state index in [1.807, 2.05) is 24.3 Å². The highest BCUT2D eigenvalue weighted by Crippen LogP contribution is 2.24. The fraction of sp³-hybridized carbons (Fsp3) is 0.188. The van der Waals surface area contributed by atoms with Crippen LogP contribution in [-0.2, 0) is 6.54 Å². The number of amides is 1. The second-order valence-corrected chi connectivity index (χ2v) is 5.14. The van der Waals surface area contributed by atoms with Crippen LogP contribution in [0.25, 0.3) is 0 Å². The smallest absolute Gasteiger partial charge is 0.257 e. The van der Waals surface area contributed by atoms with Crippen LogP contribution >= 0.6 is 11.6 Å². The van der Waals surface area contributed by atoms with Crippen LogP contribution in [-0.4, -0.2) is 25.0 Å². The fourth-order valence-electron chi connectivity index (χ4n) is 2.06. The second-order valence-electron chi connectivity index (χ2n) is 4.70. The third-order valence-electron chi connectivity index (χ3n) is 3.20. The number of benzene rings is 2. The molecular formula is C16H17ClN2O2. The molecule has 0 radical (unpaired) electrons. The Morgan fingerprint density at radius 2 is 2.00 bits per heavy atom. The van der Waals surface area contributed by atoms with E-state index in [0.717, 1.165) is 5.56 Å². The Morgan fingerprint density at radius 1 is 1.29 bits per heavy atom. The number of para-hydroxylation sites is 1. The van der Waals surface area contributed by atoms with Crippen LogP contribution in [0.5, 0.6) is 5.75 Å².